The van der Waals surface area contributed by atoms with Gasteiger partial charge in [0, 0.05) is 6.42 Å². The van der Waals surface area contributed by atoms with Gasteiger partial charge in [0.1, 0.15) is 31.0 Å². The van der Waals surface area contributed by atoms with Crippen LogP contribution in [0.4, 0.5) is 0 Å². The van der Waals surface area contributed by atoms with Gasteiger partial charge in [0.15, 0.2) is 0 Å². The van der Waals surface area contributed by atoms with Crippen molar-refractivity contribution < 1.29 is 35.1 Å². The Morgan fingerprint density at radius 1 is 0.625 bits per heavy atom. The lowest BCUT2D eigenvalue weighted by atomic mass is 10.0. The Morgan fingerprint density at radius 2 is 1.00 bits per heavy atom. The highest BCUT2D eigenvalue weighted by atomic mass is 16.5. The molecule has 0 unspecified atom stereocenters. The second kappa shape index (κ2) is 22.1. The number of unbranched alkanes of at least 4 members (excludes halogenated alkanes) is 15. The molecule has 192 valence electrons. The fraction of sp³-hybridized carbons (Fsp3) is 0.960. The first kappa shape index (κ1) is 31.3. The number of aliphatic hydroxyl groups excluding tert-OH is 5. The fourth-order valence-corrected chi connectivity index (χ4v) is 3.73. The summed E-state index contributed by atoms with van der Waals surface area (Å²) in [5, 5.41) is 46.9. The zero-order valence-corrected chi connectivity index (χ0v) is 20.3. The van der Waals surface area contributed by atoms with Crippen LogP contribution in [-0.4, -0.2) is 69.1 Å². The van der Waals surface area contributed by atoms with Crippen molar-refractivity contribution in [3.05, 3.63) is 0 Å². The monoisotopic (exact) mass is 462 g/mol. The van der Waals surface area contributed by atoms with E-state index < -0.39 is 43.6 Å². The number of carbonyl (C=O) groups is 1. The molecule has 0 saturated carbocycles. The summed E-state index contributed by atoms with van der Waals surface area (Å²) in [5.41, 5.74) is 0. The Labute approximate surface area is 195 Å². The van der Waals surface area contributed by atoms with Gasteiger partial charge in [-0.3, -0.25) is 4.79 Å². The number of aliphatic hydroxyl groups is 5. The molecule has 0 radical (unpaired) electrons. The number of hydrogen-bond acceptors (Lipinski definition) is 7. The van der Waals surface area contributed by atoms with Gasteiger partial charge in [0.2, 0.25) is 0 Å². The van der Waals surface area contributed by atoms with Crippen molar-refractivity contribution in [2.75, 3.05) is 13.2 Å². The van der Waals surface area contributed by atoms with E-state index in [4.69, 9.17) is 9.84 Å². The summed E-state index contributed by atoms with van der Waals surface area (Å²) in [6, 6.07) is 0. The van der Waals surface area contributed by atoms with Crippen LogP contribution in [0, 0.1) is 0 Å². The van der Waals surface area contributed by atoms with Gasteiger partial charge in [-0.15, -0.1) is 0 Å². The molecule has 0 rings (SSSR count). The van der Waals surface area contributed by atoms with E-state index in [2.05, 4.69) is 6.92 Å². The van der Waals surface area contributed by atoms with E-state index in [9.17, 15) is 25.2 Å². The molecular weight excluding hydrogens is 412 g/mol. The van der Waals surface area contributed by atoms with Gasteiger partial charge >= 0.3 is 5.97 Å². The maximum atomic E-state index is 11.7. The summed E-state index contributed by atoms with van der Waals surface area (Å²) >= 11 is 0. The number of rotatable bonds is 23. The van der Waals surface area contributed by atoms with Crippen molar-refractivity contribution in [1.82, 2.24) is 0 Å². The van der Waals surface area contributed by atoms with Gasteiger partial charge in [-0.2, -0.15) is 0 Å². The molecule has 4 atom stereocenters. The van der Waals surface area contributed by atoms with Gasteiger partial charge < -0.3 is 30.3 Å². The van der Waals surface area contributed by atoms with Crippen molar-refractivity contribution in [3.63, 3.8) is 0 Å². The minimum atomic E-state index is -1.71. The SMILES string of the molecule is CCCCCCCCCCCCCCCCCCC(=O)OC[C@@H](O)[C@@H](O)[C@H](O)[C@H](O)CO. The molecule has 0 amide bonds. The normalized spacial score (nSPS) is 15.3. The first-order chi connectivity index (χ1) is 15.4. The quantitative estimate of drug-likeness (QED) is 0.116. The number of hydrogen-bond donors (Lipinski definition) is 5. The van der Waals surface area contributed by atoms with Gasteiger partial charge in [-0.25, -0.2) is 0 Å². The van der Waals surface area contributed by atoms with Crippen molar-refractivity contribution >= 4 is 5.97 Å². The van der Waals surface area contributed by atoms with Gasteiger partial charge in [0.05, 0.1) is 6.61 Å². The lowest BCUT2D eigenvalue weighted by Gasteiger charge is -2.25. The third-order valence-corrected chi connectivity index (χ3v) is 5.97. The zero-order valence-electron chi connectivity index (χ0n) is 20.3. The summed E-state index contributed by atoms with van der Waals surface area (Å²) in [7, 11) is 0. The molecule has 0 aliphatic rings. The van der Waals surface area contributed by atoms with Crippen LogP contribution in [0.25, 0.3) is 0 Å². The second-order valence-corrected chi connectivity index (χ2v) is 9.03. The summed E-state index contributed by atoms with van der Waals surface area (Å²) in [6.45, 7) is 1.04. The predicted octanol–water partition coefficient (Wildman–Crippen LogP) is 3.62. The molecule has 32 heavy (non-hydrogen) atoms. The molecule has 5 N–H and O–H groups in total. The summed E-state index contributed by atoms with van der Waals surface area (Å²) in [5.74, 6) is -0.459. The first-order valence-corrected chi connectivity index (χ1v) is 12.9. The van der Waals surface area contributed by atoms with E-state index in [1.54, 1.807) is 0 Å². The minimum Gasteiger partial charge on any atom is -0.463 e. The van der Waals surface area contributed by atoms with E-state index in [1.165, 1.54) is 83.5 Å². The van der Waals surface area contributed by atoms with Crippen molar-refractivity contribution in [3.8, 4) is 0 Å². The fourth-order valence-electron chi connectivity index (χ4n) is 3.73. The molecule has 7 nitrogen and oxygen atoms in total. The van der Waals surface area contributed by atoms with E-state index in [1.807, 2.05) is 0 Å². The van der Waals surface area contributed by atoms with Crippen LogP contribution in [0.1, 0.15) is 116 Å². The highest BCUT2D eigenvalue weighted by molar-refractivity contribution is 5.69. The van der Waals surface area contributed by atoms with Crippen LogP contribution in [0.5, 0.6) is 0 Å². The van der Waals surface area contributed by atoms with Crippen LogP contribution in [-0.2, 0) is 9.53 Å². The topological polar surface area (TPSA) is 127 Å². The molecule has 0 fully saturated rings. The molecule has 0 aromatic heterocycles. The first-order valence-electron chi connectivity index (χ1n) is 12.9. The Kier molecular flexibility index (Phi) is 21.6. The van der Waals surface area contributed by atoms with E-state index >= 15 is 0 Å². The molecule has 0 aromatic rings. The maximum Gasteiger partial charge on any atom is 0.305 e. The van der Waals surface area contributed by atoms with Crippen molar-refractivity contribution in [1.29, 1.82) is 0 Å². The van der Waals surface area contributed by atoms with Crippen molar-refractivity contribution in [2.45, 2.75) is 140 Å². The van der Waals surface area contributed by atoms with Gasteiger partial charge in [-0.1, -0.05) is 103 Å². The molecule has 7 heteroatoms. The molecule has 0 spiro atoms. The maximum absolute atomic E-state index is 11.7. The van der Waals surface area contributed by atoms with E-state index in [0.29, 0.717) is 0 Å². The third-order valence-electron chi connectivity index (χ3n) is 5.97. The third kappa shape index (κ3) is 17.8. The molecular formula is C25H50O7. The predicted molar refractivity (Wildman–Crippen MR) is 126 cm³/mol. The van der Waals surface area contributed by atoms with Crippen LogP contribution in [0.15, 0.2) is 0 Å². The molecule has 0 aliphatic heterocycles. The average Bonchev–Trinajstić information content (AvgIpc) is 2.80. The Hall–Kier alpha value is -0.730. The Balaban J connectivity index is 3.44. The van der Waals surface area contributed by atoms with Gasteiger partial charge in [0.25, 0.3) is 0 Å². The number of esters is 1. The summed E-state index contributed by atoms with van der Waals surface area (Å²) in [6.07, 6.45) is 13.9. The van der Waals surface area contributed by atoms with Crippen LogP contribution in [0.2, 0.25) is 0 Å². The molecule has 0 heterocycles. The lowest BCUT2D eigenvalue weighted by Crippen LogP contribution is -2.47. The largest absolute Gasteiger partial charge is 0.463 e. The van der Waals surface area contributed by atoms with E-state index in [0.717, 1.165) is 19.3 Å². The molecule has 0 aromatic carbocycles. The van der Waals surface area contributed by atoms with E-state index in [-0.39, 0.29) is 6.42 Å². The molecule has 0 aliphatic carbocycles. The average molecular weight is 463 g/mol. The number of carbonyl (C=O) groups excluding carboxylic acids is 1. The van der Waals surface area contributed by atoms with Gasteiger partial charge in [-0.05, 0) is 6.42 Å². The minimum absolute atomic E-state index is 0.253. The standard InChI is InChI=1S/C25H50O7/c1-2-3-4-5-6-7-8-9-10-11-12-13-14-15-16-17-18-23(29)32-20-22(28)25(31)24(30)21(27)19-26/h21-22,24-28,30-31H,2-20H2,1H3/t21-,22-,24-,25-/m1/s1. The summed E-state index contributed by atoms with van der Waals surface area (Å²) in [4.78, 5) is 11.7. The smallest absolute Gasteiger partial charge is 0.305 e. The summed E-state index contributed by atoms with van der Waals surface area (Å²) < 4.78 is 4.91. The van der Waals surface area contributed by atoms with Crippen LogP contribution < -0.4 is 0 Å². The van der Waals surface area contributed by atoms with Crippen molar-refractivity contribution in [2.24, 2.45) is 0 Å². The molecule has 0 bridgehead atoms. The van der Waals surface area contributed by atoms with Crippen LogP contribution >= 0.6 is 0 Å². The Bertz CT molecular complexity index is 419. The van der Waals surface area contributed by atoms with Crippen LogP contribution in [0.3, 0.4) is 0 Å². The lowest BCUT2D eigenvalue weighted by molar-refractivity contribution is -0.156. The molecule has 0 saturated heterocycles. The highest BCUT2D eigenvalue weighted by Crippen LogP contribution is 2.14. The number of ether oxygens (including phenoxy) is 1. The highest BCUT2D eigenvalue weighted by Gasteiger charge is 2.30. The Morgan fingerprint density at radius 3 is 1.41 bits per heavy atom. The zero-order chi connectivity index (χ0) is 24.0. The second-order valence-electron chi connectivity index (χ2n) is 9.03.